The zero-order chi connectivity index (χ0) is 25.0. The number of hydrogen-bond donors (Lipinski definition) is 3. The molecule has 0 saturated heterocycles. The lowest BCUT2D eigenvalue weighted by molar-refractivity contribution is -0.145. The number of aromatic nitrogens is 2. The van der Waals surface area contributed by atoms with Gasteiger partial charge in [0.15, 0.2) is 8.03 Å². The maximum absolute atomic E-state index is 13.1. The van der Waals surface area contributed by atoms with Crippen molar-refractivity contribution in [3.05, 3.63) is 18.2 Å². The van der Waals surface area contributed by atoms with E-state index < -0.39 is 26.2 Å². The molecule has 1 heterocycles. The lowest BCUT2D eigenvalue weighted by Crippen LogP contribution is -2.47. The number of nitrogens with two attached hydrogens (primary N) is 1. The highest BCUT2D eigenvalue weighted by atomic mass is 31.1. The van der Waals surface area contributed by atoms with Gasteiger partial charge in [-0.3, -0.25) is 14.2 Å². The van der Waals surface area contributed by atoms with E-state index in [-0.39, 0.29) is 18.0 Å². The Hall–Kier alpha value is -1.70. The monoisotopic (exact) mass is 510 g/mol. The number of esters is 1. The van der Waals surface area contributed by atoms with Crippen molar-refractivity contribution in [1.29, 1.82) is 0 Å². The van der Waals surface area contributed by atoms with Crippen molar-refractivity contribution in [2.75, 3.05) is 13.3 Å². The molecule has 0 spiro atoms. The number of carbonyl (C=O) groups excluding carboxylic acids is 2. The van der Waals surface area contributed by atoms with Gasteiger partial charge in [-0.25, -0.2) is 4.98 Å². The molecule has 35 heavy (non-hydrogen) atoms. The summed E-state index contributed by atoms with van der Waals surface area (Å²) < 4.78 is 24.1. The number of aromatic amines is 1. The third-order valence-corrected chi connectivity index (χ3v) is 8.83. The van der Waals surface area contributed by atoms with Gasteiger partial charge in [0.05, 0.1) is 31.1 Å². The van der Waals surface area contributed by atoms with Gasteiger partial charge >= 0.3 is 5.97 Å². The number of rotatable bonds is 13. The predicted molar refractivity (Wildman–Crippen MR) is 135 cm³/mol. The maximum Gasteiger partial charge on any atom is 0.309 e. The van der Waals surface area contributed by atoms with Gasteiger partial charge in [0, 0.05) is 18.8 Å². The molecule has 9 nitrogen and oxygen atoms in total. The summed E-state index contributed by atoms with van der Waals surface area (Å²) in [6.07, 6.45) is 15.8. The topological polar surface area (TPSA) is 136 Å². The molecule has 0 bridgehead atoms. The van der Waals surface area contributed by atoms with E-state index in [1.807, 2.05) is 0 Å². The van der Waals surface area contributed by atoms with Gasteiger partial charge in [0.1, 0.15) is 6.23 Å². The van der Waals surface area contributed by atoms with Gasteiger partial charge in [0.2, 0.25) is 5.91 Å². The number of methoxy groups -OCH3 is 1. The van der Waals surface area contributed by atoms with Gasteiger partial charge in [0.25, 0.3) is 0 Å². The van der Waals surface area contributed by atoms with Crippen LogP contribution in [0.5, 0.6) is 0 Å². The summed E-state index contributed by atoms with van der Waals surface area (Å²) in [6, 6.07) is -0.785. The molecule has 2 fully saturated rings. The van der Waals surface area contributed by atoms with Crippen molar-refractivity contribution in [2.24, 2.45) is 23.5 Å². The van der Waals surface area contributed by atoms with Crippen molar-refractivity contribution in [2.45, 2.75) is 95.7 Å². The van der Waals surface area contributed by atoms with Crippen LogP contribution >= 0.6 is 8.03 Å². The number of carbonyl (C=O) groups is 2. The van der Waals surface area contributed by atoms with E-state index >= 15 is 0 Å². The van der Waals surface area contributed by atoms with Crippen LogP contribution in [0.3, 0.4) is 0 Å². The van der Waals surface area contributed by atoms with E-state index in [1.54, 1.807) is 12.5 Å². The summed E-state index contributed by atoms with van der Waals surface area (Å²) in [5.74, 6) is -0.255. The van der Waals surface area contributed by atoms with Crippen molar-refractivity contribution in [3.8, 4) is 0 Å². The number of amides is 1. The Kier molecular flexibility index (Phi) is 11.8. The molecule has 10 heteroatoms. The van der Waals surface area contributed by atoms with Crippen LogP contribution in [-0.2, 0) is 29.8 Å². The molecular formula is C25H43N4O5P. The van der Waals surface area contributed by atoms with Crippen LogP contribution in [0.2, 0.25) is 0 Å². The van der Waals surface area contributed by atoms with Crippen molar-refractivity contribution in [1.82, 2.24) is 15.3 Å². The largest absolute Gasteiger partial charge is 0.469 e. The SMILES string of the molecule is COC(=O)C(CC1CCCCC1)C[PH](=O)OC(CC1CCCCC1)NC(=O)[C@@H](N)Cc1c[nH]cn1. The van der Waals surface area contributed by atoms with E-state index in [9.17, 15) is 14.2 Å². The van der Waals surface area contributed by atoms with Gasteiger partial charge < -0.3 is 25.3 Å². The highest BCUT2D eigenvalue weighted by molar-refractivity contribution is 7.39. The Labute approximate surface area is 209 Å². The summed E-state index contributed by atoms with van der Waals surface area (Å²) in [7, 11) is -1.21. The van der Waals surface area contributed by atoms with Crippen LogP contribution < -0.4 is 11.1 Å². The normalized spacial score (nSPS) is 21.1. The lowest BCUT2D eigenvalue weighted by Gasteiger charge is -2.29. The smallest absolute Gasteiger partial charge is 0.309 e. The van der Waals surface area contributed by atoms with Crippen molar-refractivity contribution in [3.63, 3.8) is 0 Å². The average molecular weight is 511 g/mol. The summed E-state index contributed by atoms with van der Waals surface area (Å²) in [6.45, 7) is 0. The molecule has 3 rings (SSSR count). The summed E-state index contributed by atoms with van der Waals surface area (Å²) >= 11 is 0. The molecule has 2 aliphatic rings. The summed E-state index contributed by atoms with van der Waals surface area (Å²) in [4.78, 5) is 32.3. The Morgan fingerprint density at radius 2 is 1.74 bits per heavy atom. The number of H-pyrrole nitrogens is 1. The molecular weight excluding hydrogens is 467 g/mol. The molecule has 1 amide bonds. The van der Waals surface area contributed by atoms with E-state index in [2.05, 4.69) is 15.3 Å². The quantitative estimate of drug-likeness (QED) is 0.208. The molecule has 4 N–H and O–H groups in total. The molecule has 0 radical (unpaired) electrons. The molecule has 0 aliphatic heterocycles. The molecule has 198 valence electrons. The molecule has 3 unspecified atom stereocenters. The average Bonchev–Trinajstić information content (AvgIpc) is 3.37. The van der Waals surface area contributed by atoms with Crippen LogP contribution in [0.1, 0.15) is 82.7 Å². The minimum atomic E-state index is -2.58. The van der Waals surface area contributed by atoms with E-state index in [0.29, 0.717) is 36.8 Å². The van der Waals surface area contributed by atoms with E-state index in [4.69, 9.17) is 15.0 Å². The fourth-order valence-electron chi connectivity index (χ4n) is 5.51. The molecule has 0 aromatic carbocycles. The van der Waals surface area contributed by atoms with Crippen LogP contribution in [0, 0.1) is 17.8 Å². The zero-order valence-electron chi connectivity index (χ0n) is 21.0. The Morgan fingerprint density at radius 1 is 1.11 bits per heavy atom. The van der Waals surface area contributed by atoms with Gasteiger partial charge in [-0.05, 0) is 24.7 Å². The fraction of sp³-hybridized carbons (Fsp3) is 0.800. The highest BCUT2D eigenvalue weighted by Gasteiger charge is 2.30. The second-order valence-corrected chi connectivity index (χ2v) is 11.6. The minimum Gasteiger partial charge on any atom is -0.469 e. The number of nitrogens with one attached hydrogen (secondary N) is 2. The minimum absolute atomic E-state index is 0.143. The fourth-order valence-corrected chi connectivity index (χ4v) is 6.82. The van der Waals surface area contributed by atoms with Gasteiger partial charge in [-0.2, -0.15) is 0 Å². The Bertz CT molecular complexity index is 794. The standard InChI is InChI=1S/C25H43N4O5P/c1-33-25(31)20(12-18-8-4-2-5-9-18)16-35(32)34-23(13-19-10-6-3-7-11-19)29-24(30)22(26)14-21-15-27-17-28-21/h15,17-20,22-23,35H,2-14,16,26H2,1H3,(H,27,28)(H,29,30)/t20?,22-,23?/m0/s1. The lowest BCUT2D eigenvalue weighted by atomic mass is 9.83. The van der Waals surface area contributed by atoms with E-state index in [1.165, 1.54) is 32.8 Å². The molecule has 1 aromatic rings. The first-order chi connectivity index (χ1) is 16.9. The molecule has 2 aliphatic carbocycles. The van der Waals surface area contributed by atoms with Crippen molar-refractivity contribution >= 4 is 19.9 Å². The number of hydrogen-bond acceptors (Lipinski definition) is 7. The molecule has 1 aromatic heterocycles. The summed E-state index contributed by atoms with van der Waals surface area (Å²) in [5, 5.41) is 2.89. The van der Waals surface area contributed by atoms with Crippen LogP contribution in [0.15, 0.2) is 12.5 Å². The van der Waals surface area contributed by atoms with Crippen molar-refractivity contribution < 1.29 is 23.4 Å². The number of ether oxygens (including phenoxy) is 1. The first-order valence-electron chi connectivity index (χ1n) is 13.3. The second kappa shape index (κ2) is 14.8. The van der Waals surface area contributed by atoms with Gasteiger partial charge in [-0.1, -0.05) is 64.2 Å². The van der Waals surface area contributed by atoms with Gasteiger partial charge in [-0.15, -0.1) is 0 Å². The Balaban J connectivity index is 1.59. The third-order valence-electron chi connectivity index (χ3n) is 7.46. The predicted octanol–water partition coefficient (Wildman–Crippen LogP) is 3.94. The second-order valence-electron chi connectivity index (χ2n) is 10.3. The Morgan fingerprint density at radius 3 is 2.31 bits per heavy atom. The van der Waals surface area contributed by atoms with Crippen LogP contribution in [0.4, 0.5) is 0 Å². The third kappa shape index (κ3) is 9.70. The number of nitrogens with zero attached hydrogens (tertiary/aromatic N) is 1. The molecule has 4 atom stereocenters. The number of imidazole rings is 1. The van der Waals surface area contributed by atoms with Crippen LogP contribution in [-0.4, -0.2) is 47.4 Å². The molecule has 2 saturated carbocycles. The highest BCUT2D eigenvalue weighted by Crippen LogP contribution is 2.36. The first kappa shape index (κ1) is 27.9. The van der Waals surface area contributed by atoms with E-state index in [0.717, 1.165) is 38.5 Å². The maximum atomic E-state index is 13.1. The zero-order valence-corrected chi connectivity index (χ0v) is 22.0. The summed E-state index contributed by atoms with van der Waals surface area (Å²) in [5.41, 5.74) is 6.81. The first-order valence-corrected chi connectivity index (χ1v) is 14.8. The van der Waals surface area contributed by atoms with Crippen LogP contribution in [0.25, 0.3) is 0 Å².